The van der Waals surface area contributed by atoms with Gasteiger partial charge in [-0.25, -0.2) is 32.2 Å². The molecular formula is C29H32F2N6O3S. The predicted octanol–water partition coefficient (Wildman–Crippen LogP) is 5.44. The van der Waals surface area contributed by atoms with E-state index in [9.17, 15) is 17.2 Å². The summed E-state index contributed by atoms with van der Waals surface area (Å²) in [5.74, 6) is 0.0478. The van der Waals surface area contributed by atoms with Crippen molar-refractivity contribution in [1.29, 1.82) is 0 Å². The fourth-order valence-electron chi connectivity index (χ4n) is 4.86. The number of nitrogens with zero attached hydrogens (tertiary/aromatic N) is 3. The highest BCUT2D eigenvalue weighted by atomic mass is 32.2. The van der Waals surface area contributed by atoms with Crippen molar-refractivity contribution in [2.45, 2.75) is 39.4 Å². The Morgan fingerprint density at radius 3 is 2.66 bits per heavy atom. The zero-order valence-corrected chi connectivity index (χ0v) is 23.8. The number of aryl methyl sites for hydroxylation is 1. The predicted molar refractivity (Wildman–Crippen MR) is 156 cm³/mol. The molecule has 2 atom stereocenters. The van der Waals surface area contributed by atoms with Gasteiger partial charge in [0, 0.05) is 48.7 Å². The van der Waals surface area contributed by atoms with Gasteiger partial charge < -0.3 is 15.4 Å². The number of halogens is 2. The number of hydrogen-bond acceptors (Lipinski definition) is 8. The van der Waals surface area contributed by atoms with Crippen LogP contribution in [0.3, 0.4) is 0 Å². The molecule has 0 aliphatic carbocycles. The van der Waals surface area contributed by atoms with Gasteiger partial charge in [0.05, 0.1) is 22.7 Å². The van der Waals surface area contributed by atoms with Gasteiger partial charge in [0.1, 0.15) is 17.7 Å². The molecule has 2 aromatic carbocycles. The fraction of sp³-hybridized carbons (Fsp3) is 0.345. The standard InChI is InChI=1S/C29H32F2N6O3S/c1-17(2)16-41(38,39)37-26-21-7-6-18(3)27(22(21)8-9-24(26)31)40-28-23(5-4-11-33-28)25-10-12-34-29(36-25)35-20-13-19(30)14-32-15-20/h4-12,17,19-20,32,37H,13-16H2,1-3H3,(H,34,35,36)/t19-,20?/m0/s1. The molecule has 3 N–H and O–H groups in total. The molecule has 0 spiro atoms. The average molecular weight is 583 g/mol. The van der Waals surface area contributed by atoms with Gasteiger partial charge in [0.2, 0.25) is 21.9 Å². The van der Waals surface area contributed by atoms with Crippen LogP contribution in [0.1, 0.15) is 25.8 Å². The van der Waals surface area contributed by atoms with Gasteiger partial charge in [-0.15, -0.1) is 0 Å². The van der Waals surface area contributed by atoms with Crippen LogP contribution in [-0.4, -0.2) is 54.4 Å². The van der Waals surface area contributed by atoms with Crippen LogP contribution >= 0.6 is 0 Å². The minimum atomic E-state index is -3.78. The minimum Gasteiger partial charge on any atom is -0.437 e. The Morgan fingerprint density at radius 1 is 1.07 bits per heavy atom. The van der Waals surface area contributed by atoms with E-state index in [-0.39, 0.29) is 29.3 Å². The van der Waals surface area contributed by atoms with Crippen molar-refractivity contribution in [1.82, 2.24) is 20.3 Å². The van der Waals surface area contributed by atoms with Gasteiger partial charge in [0.25, 0.3) is 0 Å². The third-order valence-corrected chi connectivity index (χ3v) is 8.26. The molecule has 3 heterocycles. The van der Waals surface area contributed by atoms with Crippen molar-refractivity contribution >= 4 is 32.4 Å². The normalized spacial score (nSPS) is 17.5. The van der Waals surface area contributed by atoms with E-state index in [1.807, 2.05) is 6.92 Å². The van der Waals surface area contributed by atoms with Crippen molar-refractivity contribution in [3.05, 3.63) is 66.2 Å². The number of benzene rings is 2. The van der Waals surface area contributed by atoms with Crippen LogP contribution in [0.2, 0.25) is 0 Å². The summed E-state index contributed by atoms with van der Waals surface area (Å²) in [6.07, 6.45) is 2.61. The molecule has 1 aliphatic rings. The lowest BCUT2D eigenvalue weighted by Gasteiger charge is -2.26. The maximum atomic E-state index is 14.9. The molecule has 216 valence electrons. The van der Waals surface area contributed by atoms with Gasteiger partial charge in [-0.1, -0.05) is 26.0 Å². The number of nitrogens with one attached hydrogen (secondary N) is 3. The van der Waals surface area contributed by atoms with E-state index in [1.54, 1.807) is 62.6 Å². The second kappa shape index (κ2) is 11.9. The lowest BCUT2D eigenvalue weighted by Crippen LogP contribution is -2.44. The first-order valence-corrected chi connectivity index (χ1v) is 15.0. The largest absolute Gasteiger partial charge is 0.437 e. The second-order valence-electron chi connectivity index (χ2n) is 10.6. The molecule has 0 amide bonds. The summed E-state index contributed by atoms with van der Waals surface area (Å²) in [5.41, 5.74) is 1.73. The van der Waals surface area contributed by atoms with E-state index in [2.05, 4.69) is 30.3 Å². The molecular weight excluding hydrogens is 550 g/mol. The molecule has 0 saturated carbocycles. The number of aromatic nitrogens is 3. The van der Waals surface area contributed by atoms with Crippen LogP contribution in [0.4, 0.5) is 20.4 Å². The highest BCUT2D eigenvalue weighted by Gasteiger charge is 2.23. The summed E-state index contributed by atoms with van der Waals surface area (Å²) in [4.78, 5) is 13.3. The van der Waals surface area contributed by atoms with Crippen molar-refractivity contribution < 1.29 is 21.9 Å². The molecule has 5 rings (SSSR count). The monoisotopic (exact) mass is 582 g/mol. The summed E-state index contributed by atoms with van der Waals surface area (Å²) in [6.45, 7) is 6.34. The lowest BCUT2D eigenvalue weighted by atomic mass is 10.0. The number of rotatable bonds is 9. The van der Waals surface area contributed by atoms with E-state index in [1.165, 1.54) is 6.07 Å². The Labute approximate surface area is 237 Å². The first-order valence-electron chi connectivity index (χ1n) is 13.4. The summed E-state index contributed by atoms with van der Waals surface area (Å²) >= 11 is 0. The summed E-state index contributed by atoms with van der Waals surface area (Å²) in [7, 11) is -3.78. The number of ether oxygens (including phenoxy) is 1. The molecule has 0 radical (unpaired) electrons. The molecule has 1 fully saturated rings. The third kappa shape index (κ3) is 6.71. The van der Waals surface area contributed by atoms with Crippen molar-refractivity contribution in [3.8, 4) is 22.9 Å². The van der Waals surface area contributed by atoms with Crippen molar-refractivity contribution in [2.24, 2.45) is 5.92 Å². The van der Waals surface area contributed by atoms with Crippen LogP contribution in [-0.2, 0) is 10.0 Å². The quantitative estimate of drug-likeness (QED) is 0.239. The van der Waals surface area contributed by atoms with Gasteiger partial charge >= 0.3 is 0 Å². The molecule has 1 aliphatic heterocycles. The summed E-state index contributed by atoms with van der Waals surface area (Å²) in [6, 6.07) is 11.3. The molecule has 4 aromatic rings. The summed E-state index contributed by atoms with van der Waals surface area (Å²) in [5, 5.41) is 7.11. The number of pyridine rings is 1. The van der Waals surface area contributed by atoms with Crippen molar-refractivity contribution in [2.75, 3.05) is 28.9 Å². The van der Waals surface area contributed by atoms with Crippen LogP contribution in [0.15, 0.2) is 54.9 Å². The number of piperidine rings is 1. The number of fused-ring (bicyclic) bond motifs is 1. The van der Waals surface area contributed by atoms with Crippen molar-refractivity contribution in [3.63, 3.8) is 0 Å². The van der Waals surface area contributed by atoms with Gasteiger partial charge in [0.15, 0.2) is 0 Å². The first kappa shape index (κ1) is 28.6. The van der Waals surface area contributed by atoms with Crippen LogP contribution in [0.25, 0.3) is 22.0 Å². The maximum Gasteiger partial charge on any atom is 0.233 e. The fourth-order valence-corrected chi connectivity index (χ4v) is 6.34. The first-order chi connectivity index (χ1) is 19.6. The molecule has 2 aromatic heterocycles. The lowest BCUT2D eigenvalue weighted by molar-refractivity contribution is 0.254. The van der Waals surface area contributed by atoms with E-state index in [0.29, 0.717) is 53.2 Å². The molecule has 1 unspecified atom stereocenters. The highest BCUT2D eigenvalue weighted by Crippen LogP contribution is 2.39. The van der Waals surface area contributed by atoms with E-state index < -0.39 is 22.0 Å². The second-order valence-corrected chi connectivity index (χ2v) is 12.3. The molecule has 9 nitrogen and oxygen atoms in total. The summed E-state index contributed by atoms with van der Waals surface area (Å²) < 4.78 is 62.9. The Morgan fingerprint density at radius 2 is 1.88 bits per heavy atom. The zero-order chi connectivity index (χ0) is 29.1. The van der Waals surface area contributed by atoms with Gasteiger partial charge in [-0.3, -0.25) is 4.72 Å². The molecule has 41 heavy (non-hydrogen) atoms. The van der Waals surface area contributed by atoms with E-state index >= 15 is 0 Å². The van der Waals surface area contributed by atoms with Crippen LogP contribution in [0, 0.1) is 18.7 Å². The Balaban J connectivity index is 1.49. The Hall–Kier alpha value is -3.90. The van der Waals surface area contributed by atoms with Gasteiger partial charge in [-0.05, 0) is 48.7 Å². The number of anilines is 2. The van der Waals surface area contributed by atoms with E-state index in [0.717, 1.165) is 5.56 Å². The van der Waals surface area contributed by atoms with Crippen LogP contribution < -0.4 is 20.1 Å². The minimum absolute atomic E-state index is 0.131. The molecule has 12 heteroatoms. The van der Waals surface area contributed by atoms with Crippen LogP contribution in [0.5, 0.6) is 11.6 Å². The average Bonchev–Trinajstić information content (AvgIpc) is 2.91. The van der Waals surface area contributed by atoms with Gasteiger partial charge in [-0.2, -0.15) is 0 Å². The highest BCUT2D eigenvalue weighted by molar-refractivity contribution is 7.92. The number of sulfonamides is 1. The Kier molecular flexibility index (Phi) is 8.32. The third-order valence-electron chi connectivity index (χ3n) is 6.64. The Bertz CT molecular complexity index is 1670. The smallest absolute Gasteiger partial charge is 0.233 e. The maximum absolute atomic E-state index is 14.9. The topological polar surface area (TPSA) is 118 Å². The number of hydrogen-bond donors (Lipinski definition) is 3. The van der Waals surface area contributed by atoms with E-state index in [4.69, 9.17) is 4.74 Å². The zero-order valence-electron chi connectivity index (χ0n) is 23.0. The molecule has 0 bridgehead atoms. The number of alkyl halides is 1. The SMILES string of the molecule is Cc1ccc2c(NS(=O)(=O)CC(C)C)c(F)ccc2c1Oc1ncccc1-c1ccnc(NC2CNC[C@@H](F)C2)n1. The molecule has 1 saturated heterocycles.